The Labute approximate surface area is 165 Å². The third kappa shape index (κ3) is 3.98. The highest BCUT2D eigenvalue weighted by molar-refractivity contribution is 7.15. The number of fused-ring (bicyclic) bond motifs is 1. The molecule has 0 aromatic carbocycles. The lowest BCUT2D eigenvalue weighted by Crippen LogP contribution is -2.51. The van der Waals surface area contributed by atoms with Crippen LogP contribution in [0.1, 0.15) is 49.6 Å². The van der Waals surface area contributed by atoms with Crippen molar-refractivity contribution in [1.29, 1.82) is 0 Å². The maximum absolute atomic E-state index is 12.4. The summed E-state index contributed by atoms with van der Waals surface area (Å²) in [5.41, 5.74) is 1.18. The van der Waals surface area contributed by atoms with E-state index in [0.717, 1.165) is 76.4 Å². The average molecular weight is 391 g/mol. The summed E-state index contributed by atoms with van der Waals surface area (Å²) in [6.07, 6.45) is 6.95. The van der Waals surface area contributed by atoms with Gasteiger partial charge in [0.25, 0.3) is 0 Å². The lowest BCUT2D eigenvalue weighted by atomic mass is 9.84. The van der Waals surface area contributed by atoms with Gasteiger partial charge in [0.05, 0.1) is 5.69 Å². The van der Waals surface area contributed by atoms with E-state index < -0.39 is 0 Å². The summed E-state index contributed by atoms with van der Waals surface area (Å²) in [5, 5.41) is 4.11. The van der Waals surface area contributed by atoms with Crippen LogP contribution in [0.3, 0.4) is 0 Å². The van der Waals surface area contributed by atoms with Crippen LogP contribution in [0.4, 0.5) is 5.13 Å². The minimum absolute atomic E-state index is 0.0919. The summed E-state index contributed by atoms with van der Waals surface area (Å²) in [4.78, 5) is 35.2. The van der Waals surface area contributed by atoms with E-state index in [0.29, 0.717) is 11.8 Å². The molecule has 1 saturated heterocycles. The minimum atomic E-state index is 0.0919. The van der Waals surface area contributed by atoms with Crippen molar-refractivity contribution in [2.75, 3.05) is 37.6 Å². The van der Waals surface area contributed by atoms with Gasteiger partial charge in [-0.25, -0.2) is 4.98 Å². The molecule has 0 bridgehead atoms. The van der Waals surface area contributed by atoms with Crippen molar-refractivity contribution < 1.29 is 9.59 Å². The molecule has 1 aromatic rings. The highest BCUT2D eigenvalue weighted by Gasteiger charge is 2.33. The van der Waals surface area contributed by atoms with Crippen LogP contribution in [0.25, 0.3) is 0 Å². The van der Waals surface area contributed by atoms with E-state index in [9.17, 15) is 9.59 Å². The standard InChI is InChI=1S/C20H30N4O2S/c1-2-8-21-18(25)15-6-7-16-17(13-15)27-20(22-16)24-11-9-23(10-12-24)19(26)14-4-3-5-14/h14-15H,2-13H2,1H3,(H,21,25)/t15-/m1/s1. The van der Waals surface area contributed by atoms with Crippen molar-refractivity contribution >= 4 is 28.3 Å². The Morgan fingerprint density at radius 3 is 2.59 bits per heavy atom. The van der Waals surface area contributed by atoms with E-state index in [1.54, 1.807) is 11.3 Å². The maximum Gasteiger partial charge on any atom is 0.225 e. The Morgan fingerprint density at radius 1 is 1.15 bits per heavy atom. The Balaban J connectivity index is 1.33. The number of anilines is 1. The Kier molecular flexibility index (Phi) is 5.66. The summed E-state index contributed by atoms with van der Waals surface area (Å²) >= 11 is 1.75. The van der Waals surface area contributed by atoms with Crippen LogP contribution in [-0.4, -0.2) is 54.4 Å². The molecule has 148 valence electrons. The number of hydrogen-bond acceptors (Lipinski definition) is 5. The number of hydrogen-bond donors (Lipinski definition) is 1. The van der Waals surface area contributed by atoms with Gasteiger partial charge >= 0.3 is 0 Å². The zero-order valence-corrected chi connectivity index (χ0v) is 17.0. The second kappa shape index (κ2) is 8.17. The molecule has 2 heterocycles. The molecule has 2 aliphatic carbocycles. The third-order valence-electron chi connectivity index (χ3n) is 6.16. The van der Waals surface area contributed by atoms with Gasteiger partial charge in [-0.2, -0.15) is 0 Å². The van der Waals surface area contributed by atoms with Gasteiger partial charge in [0.2, 0.25) is 11.8 Å². The van der Waals surface area contributed by atoms with Crippen molar-refractivity contribution in [3.8, 4) is 0 Å². The van der Waals surface area contributed by atoms with E-state index in [4.69, 9.17) is 4.98 Å². The SMILES string of the molecule is CCCNC(=O)[C@@H]1CCc2nc(N3CCN(C(=O)C4CCC4)CC3)sc2C1. The number of aromatic nitrogens is 1. The second-order valence-corrected chi connectivity index (χ2v) is 9.10. The van der Waals surface area contributed by atoms with Gasteiger partial charge in [-0.3, -0.25) is 9.59 Å². The molecule has 1 aromatic heterocycles. The molecule has 0 radical (unpaired) electrons. The van der Waals surface area contributed by atoms with Crippen LogP contribution in [0.5, 0.6) is 0 Å². The monoisotopic (exact) mass is 390 g/mol. The highest BCUT2D eigenvalue weighted by atomic mass is 32.1. The van der Waals surface area contributed by atoms with Gasteiger partial charge in [0, 0.05) is 49.4 Å². The average Bonchev–Trinajstić information content (AvgIpc) is 3.08. The van der Waals surface area contributed by atoms with Gasteiger partial charge in [0.1, 0.15) is 0 Å². The molecule has 1 N–H and O–H groups in total. The van der Waals surface area contributed by atoms with Crippen molar-refractivity contribution in [1.82, 2.24) is 15.2 Å². The molecular formula is C20H30N4O2S. The van der Waals surface area contributed by atoms with Gasteiger partial charge in [-0.1, -0.05) is 13.3 Å². The van der Waals surface area contributed by atoms with Crippen LogP contribution in [0, 0.1) is 11.8 Å². The van der Waals surface area contributed by atoms with E-state index in [-0.39, 0.29) is 11.8 Å². The Morgan fingerprint density at radius 2 is 1.93 bits per heavy atom. The molecule has 2 amide bonds. The smallest absolute Gasteiger partial charge is 0.225 e. The molecule has 3 aliphatic rings. The molecule has 27 heavy (non-hydrogen) atoms. The van der Waals surface area contributed by atoms with Gasteiger partial charge in [-0.15, -0.1) is 11.3 Å². The van der Waals surface area contributed by atoms with Crippen molar-refractivity contribution in [2.24, 2.45) is 11.8 Å². The summed E-state index contributed by atoms with van der Waals surface area (Å²) < 4.78 is 0. The number of aryl methyl sites for hydroxylation is 1. The molecule has 1 atom stereocenters. The number of piperazine rings is 1. The molecule has 0 spiro atoms. The summed E-state index contributed by atoms with van der Waals surface area (Å²) in [5.74, 6) is 0.939. The molecule has 6 nitrogen and oxygen atoms in total. The van der Waals surface area contributed by atoms with Crippen molar-refractivity contribution in [3.63, 3.8) is 0 Å². The van der Waals surface area contributed by atoms with E-state index in [1.807, 2.05) is 4.90 Å². The van der Waals surface area contributed by atoms with Gasteiger partial charge < -0.3 is 15.1 Å². The van der Waals surface area contributed by atoms with Crippen LogP contribution in [0.2, 0.25) is 0 Å². The third-order valence-corrected chi connectivity index (χ3v) is 7.35. The van der Waals surface area contributed by atoms with Crippen LogP contribution in [-0.2, 0) is 22.4 Å². The number of amides is 2. The molecule has 7 heteroatoms. The zero-order chi connectivity index (χ0) is 18.8. The van der Waals surface area contributed by atoms with Crippen molar-refractivity contribution in [3.05, 3.63) is 10.6 Å². The Bertz CT molecular complexity index is 692. The fourth-order valence-corrected chi connectivity index (χ4v) is 5.38. The minimum Gasteiger partial charge on any atom is -0.356 e. The number of thiazole rings is 1. The number of carbonyl (C=O) groups excluding carboxylic acids is 2. The first-order valence-corrected chi connectivity index (χ1v) is 11.3. The molecule has 4 rings (SSSR count). The Hall–Kier alpha value is -1.63. The number of carbonyl (C=O) groups is 2. The van der Waals surface area contributed by atoms with Gasteiger partial charge in [0.15, 0.2) is 5.13 Å². The number of nitrogens with zero attached hydrogens (tertiary/aromatic N) is 3. The van der Waals surface area contributed by atoms with Crippen LogP contribution in [0.15, 0.2) is 0 Å². The summed E-state index contributed by atoms with van der Waals surface area (Å²) in [7, 11) is 0. The largest absolute Gasteiger partial charge is 0.356 e. The van der Waals surface area contributed by atoms with E-state index in [1.165, 1.54) is 17.0 Å². The predicted octanol–water partition coefficient (Wildman–Crippen LogP) is 2.22. The molecule has 0 unspecified atom stereocenters. The maximum atomic E-state index is 12.4. The molecular weight excluding hydrogens is 360 g/mol. The molecule has 1 saturated carbocycles. The fraction of sp³-hybridized carbons (Fsp3) is 0.750. The van der Waals surface area contributed by atoms with E-state index >= 15 is 0 Å². The first kappa shape index (κ1) is 18.7. The van der Waals surface area contributed by atoms with E-state index in [2.05, 4.69) is 17.1 Å². The number of nitrogens with one attached hydrogen (secondary N) is 1. The lowest BCUT2D eigenvalue weighted by molar-refractivity contribution is -0.138. The molecule has 1 aliphatic heterocycles. The molecule has 2 fully saturated rings. The first-order chi connectivity index (χ1) is 13.2. The van der Waals surface area contributed by atoms with Crippen LogP contribution >= 0.6 is 11.3 Å². The fourth-order valence-electron chi connectivity index (χ4n) is 4.14. The van der Waals surface area contributed by atoms with Crippen LogP contribution < -0.4 is 10.2 Å². The summed E-state index contributed by atoms with van der Waals surface area (Å²) in [6.45, 7) is 6.19. The first-order valence-electron chi connectivity index (χ1n) is 10.5. The summed E-state index contributed by atoms with van der Waals surface area (Å²) in [6, 6.07) is 0. The lowest BCUT2D eigenvalue weighted by Gasteiger charge is -2.38. The predicted molar refractivity (Wildman–Crippen MR) is 107 cm³/mol. The zero-order valence-electron chi connectivity index (χ0n) is 16.2. The van der Waals surface area contributed by atoms with Crippen molar-refractivity contribution in [2.45, 2.75) is 51.9 Å². The number of rotatable bonds is 5. The topological polar surface area (TPSA) is 65.5 Å². The second-order valence-electron chi connectivity index (χ2n) is 8.04. The highest BCUT2D eigenvalue weighted by Crippen LogP contribution is 2.35. The quantitative estimate of drug-likeness (QED) is 0.837. The van der Waals surface area contributed by atoms with Gasteiger partial charge in [-0.05, 0) is 38.5 Å². The normalized spacial score (nSPS) is 22.9.